The molecule has 0 N–H and O–H groups in total. The molecule has 0 aromatic carbocycles. The van der Waals surface area contributed by atoms with E-state index in [1.165, 1.54) is 6.92 Å². The van der Waals surface area contributed by atoms with Crippen molar-refractivity contribution in [3.05, 3.63) is 12.2 Å². The van der Waals surface area contributed by atoms with Gasteiger partial charge in [-0.15, -0.1) is 0 Å². The molecule has 0 aliphatic heterocycles. The molecule has 0 rings (SSSR count). The fourth-order valence-electron chi connectivity index (χ4n) is 0.303. The topological polar surface area (TPSA) is 43.4 Å². The van der Waals surface area contributed by atoms with Crippen molar-refractivity contribution >= 4 is 12.1 Å². The Hall–Kier alpha value is -1.16. The summed E-state index contributed by atoms with van der Waals surface area (Å²) in [5.74, 6) is -0.673. The molecule has 0 radical (unpaired) electrons. The Kier molecular flexibility index (Phi) is 3.15. The second kappa shape index (κ2) is 3.49. The van der Waals surface area contributed by atoms with Crippen molar-refractivity contribution in [1.29, 1.82) is 0 Å². The van der Waals surface area contributed by atoms with Crippen LogP contribution in [0.1, 0.15) is 6.92 Å². The molecule has 0 atom stereocenters. The van der Waals surface area contributed by atoms with Crippen LogP contribution in [0.15, 0.2) is 12.2 Å². The molecule has 0 aliphatic carbocycles. The van der Waals surface area contributed by atoms with Crippen LogP contribution in [0, 0.1) is 0 Å². The molecule has 0 unspecified atom stereocenters. The summed E-state index contributed by atoms with van der Waals surface area (Å²) in [4.78, 5) is 21.9. The molecule has 0 heterocycles. The zero-order chi connectivity index (χ0) is 9.94. The minimum absolute atomic E-state index is 0.0426. The summed E-state index contributed by atoms with van der Waals surface area (Å²) in [6.07, 6.45) is -0.594. The summed E-state index contributed by atoms with van der Waals surface area (Å²) in [7, 11) is 4.86. The van der Waals surface area contributed by atoms with E-state index in [-0.39, 0.29) is 10.1 Å². The Balaban J connectivity index is 4.21. The Morgan fingerprint density at radius 3 is 1.92 bits per heavy atom. The summed E-state index contributed by atoms with van der Waals surface area (Å²) < 4.78 is 4.43. The van der Waals surface area contributed by atoms with Crippen LogP contribution in [0.5, 0.6) is 0 Å². The molecular weight excluding hydrogens is 158 g/mol. The molecule has 0 saturated carbocycles. The van der Waals surface area contributed by atoms with Crippen molar-refractivity contribution in [3.63, 3.8) is 0 Å². The van der Waals surface area contributed by atoms with E-state index in [1.807, 2.05) is 0 Å². The van der Waals surface area contributed by atoms with Gasteiger partial charge >= 0.3 is 12.1 Å². The Labute approximate surface area is 72.0 Å². The largest absolute Gasteiger partial charge is 0.523 e. The Morgan fingerprint density at radius 1 is 1.25 bits per heavy atom. The third kappa shape index (κ3) is 3.30. The summed E-state index contributed by atoms with van der Waals surface area (Å²) in [5.41, 5.74) is 0.219. The standard InChI is InChI=1S/C8H14NO3/c1-6(2)7(10)12-8(11)9(3,4)5/h1H2,2-5H3/q+1. The van der Waals surface area contributed by atoms with Crippen molar-refractivity contribution in [1.82, 2.24) is 0 Å². The minimum atomic E-state index is -0.673. The third-order valence-corrected chi connectivity index (χ3v) is 1.08. The lowest BCUT2D eigenvalue weighted by Gasteiger charge is -2.18. The first-order valence-electron chi connectivity index (χ1n) is 3.49. The molecule has 68 valence electrons. The summed E-state index contributed by atoms with van der Waals surface area (Å²) in [5, 5.41) is 0. The number of amides is 1. The van der Waals surface area contributed by atoms with Gasteiger partial charge in [0.15, 0.2) is 0 Å². The van der Waals surface area contributed by atoms with E-state index in [1.54, 1.807) is 21.1 Å². The SMILES string of the molecule is C=C(C)C(=O)OC(=O)[N+](C)(C)C. The van der Waals surface area contributed by atoms with Crippen LogP contribution in [0.25, 0.3) is 0 Å². The van der Waals surface area contributed by atoms with E-state index >= 15 is 0 Å². The zero-order valence-electron chi connectivity index (χ0n) is 7.88. The van der Waals surface area contributed by atoms with E-state index < -0.39 is 12.1 Å². The first-order chi connectivity index (χ1) is 5.25. The van der Waals surface area contributed by atoms with Crippen LogP contribution in [0.4, 0.5) is 4.79 Å². The third-order valence-electron chi connectivity index (χ3n) is 1.08. The molecule has 0 aromatic rings. The molecule has 1 amide bonds. The highest BCUT2D eigenvalue weighted by Gasteiger charge is 2.25. The van der Waals surface area contributed by atoms with E-state index in [2.05, 4.69) is 11.3 Å². The molecule has 4 nitrogen and oxygen atoms in total. The number of rotatable bonds is 1. The highest BCUT2D eigenvalue weighted by Crippen LogP contribution is 2.00. The lowest BCUT2D eigenvalue weighted by molar-refractivity contribution is -0.794. The lowest BCUT2D eigenvalue weighted by Crippen LogP contribution is -2.42. The van der Waals surface area contributed by atoms with Crippen molar-refractivity contribution in [2.45, 2.75) is 6.92 Å². The van der Waals surface area contributed by atoms with Crippen molar-refractivity contribution < 1.29 is 18.8 Å². The molecule has 0 aliphatic rings. The summed E-state index contributed by atoms with van der Waals surface area (Å²) in [6.45, 7) is 4.85. The van der Waals surface area contributed by atoms with Crippen LogP contribution >= 0.6 is 0 Å². The predicted molar refractivity (Wildman–Crippen MR) is 44.3 cm³/mol. The molecule has 0 spiro atoms. The number of quaternary nitrogens is 1. The Morgan fingerprint density at radius 2 is 1.67 bits per heavy atom. The van der Waals surface area contributed by atoms with Crippen molar-refractivity contribution in [2.75, 3.05) is 21.1 Å². The predicted octanol–water partition coefficient (Wildman–Crippen LogP) is 0.932. The van der Waals surface area contributed by atoms with Gasteiger partial charge in [0.05, 0.1) is 21.1 Å². The fraction of sp³-hybridized carbons (Fsp3) is 0.500. The average molecular weight is 172 g/mol. The minimum Gasteiger partial charge on any atom is -0.342 e. The number of hydrogen-bond donors (Lipinski definition) is 0. The smallest absolute Gasteiger partial charge is 0.342 e. The van der Waals surface area contributed by atoms with Crippen LogP contribution in [-0.2, 0) is 9.53 Å². The first-order valence-corrected chi connectivity index (χ1v) is 3.49. The van der Waals surface area contributed by atoms with Crippen LogP contribution in [0.3, 0.4) is 0 Å². The second-order valence-corrected chi connectivity index (χ2v) is 3.45. The second-order valence-electron chi connectivity index (χ2n) is 3.45. The van der Waals surface area contributed by atoms with Gasteiger partial charge in [0.25, 0.3) is 0 Å². The van der Waals surface area contributed by atoms with Gasteiger partial charge in [-0.2, -0.15) is 4.79 Å². The van der Waals surface area contributed by atoms with Crippen LogP contribution in [-0.4, -0.2) is 37.7 Å². The zero-order valence-corrected chi connectivity index (χ0v) is 7.88. The van der Waals surface area contributed by atoms with Gasteiger partial charge in [-0.3, -0.25) is 0 Å². The quantitative estimate of drug-likeness (QED) is 0.256. The lowest BCUT2D eigenvalue weighted by atomic mass is 10.4. The summed E-state index contributed by atoms with van der Waals surface area (Å²) in [6, 6.07) is 0. The van der Waals surface area contributed by atoms with E-state index in [0.717, 1.165) is 0 Å². The van der Waals surface area contributed by atoms with Gasteiger partial charge in [0, 0.05) is 5.57 Å². The molecule has 0 aromatic heterocycles. The van der Waals surface area contributed by atoms with Gasteiger partial charge in [-0.25, -0.2) is 9.28 Å². The summed E-state index contributed by atoms with van der Waals surface area (Å²) >= 11 is 0. The van der Waals surface area contributed by atoms with Gasteiger partial charge < -0.3 is 4.74 Å². The van der Waals surface area contributed by atoms with Gasteiger partial charge in [-0.05, 0) is 6.92 Å². The van der Waals surface area contributed by atoms with Gasteiger partial charge in [0.2, 0.25) is 0 Å². The van der Waals surface area contributed by atoms with E-state index in [4.69, 9.17) is 0 Å². The first kappa shape index (κ1) is 10.8. The number of esters is 1. The molecule has 4 heteroatoms. The number of hydrogen-bond acceptors (Lipinski definition) is 3. The molecule has 12 heavy (non-hydrogen) atoms. The van der Waals surface area contributed by atoms with Crippen molar-refractivity contribution in [3.8, 4) is 0 Å². The fourth-order valence-corrected chi connectivity index (χ4v) is 0.303. The van der Waals surface area contributed by atoms with E-state index in [0.29, 0.717) is 0 Å². The van der Waals surface area contributed by atoms with Crippen molar-refractivity contribution in [2.24, 2.45) is 0 Å². The number of carbonyl (C=O) groups is 2. The van der Waals surface area contributed by atoms with E-state index in [9.17, 15) is 9.59 Å². The molecular formula is C8H14NO3+. The molecule has 0 bridgehead atoms. The monoisotopic (exact) mass is 172 g/mol. The molecule has 0 fully saturated rings. The average Bonchev–Trinajstić information content (AvgIpc) is 1.85. The highest BCUT2D eigenvalue weighted by molar-refractivity contribution is 5.93. The van der Waals surface area contributed by atoms with Crippen LogP contribution < -0.4 is 0 Å². The van der Waals surface area contributed by atoms with Gasteiger partial charge in [-0.1, -0.05) is 6.58 Å². The normalized spacial score (nSPS) is 10.7. The Bertz CT molecular complexity index is 225. The number of carbonyl (C=O) groups excluding carboxylic acids is 2. The number of nitrogens with zero attached hydrogens (tertiary/aromatic N) is 1. The maximum atomic E-state index is 11.1. The highest BCUT2D eigenvalue weighted by atomic mass is 16.6. The van der Waals surface area contributed by atoms with Gasteiger partial charge in [0.1, 0.15) is 0 Å². The maximum Gasteiger partial charge on any atom is 0.523 e. The molecule has 0 saturated heterocycles. The maximum absolute atomic E-state index is 11.1. The van der Waals surface area contributed by atoms with Crippen LogP contribution in [0.2, 0.25) is 0 Å². The number of ether oxygens (including phenoxy) is 1.